The zero-order valence-corrected chi connectivity index (χ0v) is 12.5. The second-order valence-corrected chi connectivity index (χ2v) is 5.42. The maximum Gasteiger partial charge on any atom is 0.272 e. The number of nitrogens with zero attached hydrogens (tertiary/aromatic N) is 1. The minimum absolute atomic E-state index is 0.131. The Morgan fingerprint density at radius 3 is 2.90 bits per heavy atom. The van der Waals surface area contributed by atoms with Crippen LogP contribution in [0, 0.1) is 0 Å². The Bertz CT molecular complexity index is 607. The van der Waals surface area contributed by atoms with E-state index >= 15 is 0 Å². The third-order valence-electron chi connectivity index (χ3n) is 2.94. The van der Waals surface area contributed by atoms with Gasteiger partial charge in [0.1, 0.15) is 5.69 Å². The lowest BCUT2D eigenvalue weighted by Crippen LogP contribution is -2.16. The van der Waals surface area contributed by atoms with E-state index in [9.17, 15) is 4.79 Å². The summed E-state index contributed by atoms with van der Waals surface area (Å²) in [6.45, 7) is 2.85. The van der Waals surface area contributed by atoms with Crippen molar-refractivity contribution >= 4 is 29.0 Å². The fourth-order valence-corrected chi connectivity index (χ4v) is 2.50. The number of rotatable bonds is 5. The number of carbonyl (C=O) groups excluding carboxylic acids is 1. The van der Waals surface area contributed by atoms with Gasteiger partial charge in [-0.3, -0.25) is 4.79 Å². The fourth-order valence-electron chi connectivity index (χ4n) is 2.05. The van der Waals surface area contributed by atoms with Crippen molar-refractivity contribution in [1.29, 1.82) is 0 Å². The van der Waals surface area contributed by atoms with E-state index in [1.54, 1.807) is 24.0 Å². The predicted molar refractivity (Wildman–Crippen MR) is 85.3 cm³/mol. The van der Waals surface area contributed by atoms with Gasteiger partial charge in [0.15, 0.2) is 0 Å². The summed E-state index contributed by atoms with van der Waals surface area (Å²) in [5.41, 5.74) is 7.79. The second kappa shape index (κ2) is 6.52. The minimum Gasteiger partial charge on any atom is -0.397 e. The summed E-state index contributed by atoms with van der Waals surface area (Å²) in [7, 11) is 0. The zero-order valence-electron chi connectivity index (χ0n) is 11.7. The number of hydrogen-bond acceptors (Lipinski definition) is 3. The standard InChI is InChI=1S/C15H19N3OS/c1-3-7-18-10-11(16)8-14(18)15(19)17-12-5-4-6-13(9-12)20-2/h4-6,8-10H,3,7,16H2,1-2H3,(H,17,19). The summed E-state index contributed by atoms with van der Waals surface area (Å²) in [4.78, 5) is 13.4. The number of benzene rings is 1. The molecule has 4 nitrogen and oxygen atoms in total. The Kier molecular flexibility index (Phi) is 4.74. The van der Waals surface area contributed by atoms with Gasteiger partial charge in [0.2, 0.25) is 0 Å². The van der Waals surface area contributed by atoms with Crippen LogP contribution in [0.25, 0.3) is 0 Å². The average Bonchev–Trinajstić information content (AvgIpc) is 2.80. The van der Waals surface area contributed by atoms with E-state index < -0.39 is 0 Å². The van der Waals surface area contributed by atoms with Gasteiger partial charge < -0.3 is 15.6 Å². The average molecular weight is 289 g/mol. The molecule has 0 saturated carbocycles. The van der Waals surface area contributed by atoms with Gasteiger partial charge in [0.05, 0.1) is 5.69 Å². The van der Waals surface area contributed by atoms with Gasteiger partial charge in [0.25, 0.3) is 5.91 Å². The molecule has 0 aliphatic rings. The number of aromatic nitrogens is 1. The van der Waals surface area contributed by atoms with E-state index in [2.05, 4.69) is 12.2 Å². The molecule has 1 aromatic heterocycles. The second-order valence-electron chi connectivity index (χ2n) is 4.54. The molecule has 1 amide bonds. The minimum atomic E-state index is -0.131. The van der Waals surface area contributed by atoms with Gasteiger partial charge in [-0.1, -0.05) is 13.0 Å². The number of amides is 1. The molecule has 1 heterocycles. The van der Waals surface area contributed by atoms with Crippen molar-refractivity contribution in [3.63, 3.8) is 0 Å². The molecular formula is C15H19N3OS. The Balaban J connectivity index is 2.19. The lowest BCUT2D eigenvalue weighted by Gasteiger charge is -2.09. The zero-order chi connectivity index (χ0) is 14.5. The highest BCUT2D eigenvalue weighted by molar-refractivity contribution is 7.98. The number of thioether (sulfide) groups is 1. The number of nitrogens with one attached hydrogen (secondary N) is 1. The van der Waals surface area contributed by atoms with Gasteiger partial charge in [-0.2, -0.15) is 0 Å². The van der Waals surface area contributed by atoms with Crippen LogP contribution in [0.15, 0.2) is 41.4 Å². The van der Waals surface area contributed by atoms with Crippen molar-refractivity contribution in [2.75, 3.05) is 17.3 Å². The molecule has 0 bridgehead atoms. The normalized spacial score (nSPS) is 10.5. The first kappa shape index (κ1) is 14.5. The monoisotopic (exact) mass is 289 g/mol. The van der Waals surface area contributed by atoms with Crippen molar-refractivity contribution in [3.8, 4) is 0 Å². The molecule has 2 aromatic rings. The molecule has 0 radical (unpaired) electrons. The van der Waals surface area contributed by atoms with E-state index in [1.165, 1.54) is 0 Å². The molecule has 20 heavy (non-hydrogen) atoms. The van der Waals surface area contributed by atoms with Crippen LogP contribution in [0.3, 0.4) is 0 Å². The van der Waals surface area contributed by atoms with Crippen molar-refractivity contribution < 1.29 is 4.79 Å². The summed E-state index contributed by atoms with van der Waals surface area (Å²) in [5.74, 6) is -0.131. The molecule has 0 fully saturated rings. The van der Waals surface area contributed by atoms with Gasteiger partial charge in [-0.05, 0) is 36.9 Å². The van der Waals surface area contributed by atoms with E-state index in [4.69, 9.17) is 5.73 Å². The van der Waals surface area contributed by atoms with Crippen molar-refractivity contribution in [2.45, 2.75) is 24.8 Å². The molecule has 0 unspecified atom stereocenters. The van der Waals surface area contributed by atoms with E-state index in [1.807, 2.05) is 35.1 Å². The summed E-state index contributed by atoms with van der Waals surface area (Å²) in [5, 5.41) is 2.92. The molecule has 0 spiro atoms. The van der Waals surface area contributed by atoms with Crippen molar-refractivity contribution in [3.05, 3.63) is 42.2 Å². The Labute approximate surface area is 123 Å². The third kappa shape index (κ3) is 3.36. The molecule has 3 N–H and O–H groups in total. The Morgan fingerprint density at radius 2 is 2.20 bits per heavy atom. The SMILES string of the molecule is CCCn1cc(N)cc1C(=O)Nc1cccc(SC)c1. The molecular weight excluding hydrogens is 270 g/mol. The molecule has 1 aromatic carbocycles. The molecule has 5 heteroatoms. The van der Waals surface area contributed by atoms with Gasteiger partial charge in [0, 0.05) is 23.3 Å². The molecule has 2 rings (SSSR count). The van der Waals surface area contributed by atoms with Crippen LogP contribution < -0.4 is 11.1 Å². The molecule has 106 valence electrons. The van der Waals surface area contributed by atoms with E-state index in [0.717, 1.165) is 23.5 Å². The number of hydrogen-bond donors (Lipinski definition) is 2. The van der Waals surface area contributed by atoms with Gasteiger partial charge >= 0.3 is 0 Å². The first-order chi connectivity index (χ1) is 9.63. The van der Waals surface area contributed by atoms with Crippen LogP contribution in [0.2, 0.25) is 0 Å². The van der Waals surface area contributed by atoms with Crippen LogP contribution in [0.1, 0.15) is 23.8 Å². The number of nitrogen functional groups attached to an aromatic ring is 1. The maximum atomic E-state index is 12.3. The number of aryl methyl sites for hydroxylation is 1. The van der Waals surface area contributed by atoms with Crippen LogP contribution in [0.5, 0.6) is 0 Å². The van der Waals surface area contributed by atoms with Crippen molar-refractivity contribution in [2.24, 2.45) is 0 Å². The summed E-state index contributed by atoms with van der Waals surface area (Å²) >= 11 is 1.64. The number of anilines is 2. The van der Waals surface area contributed by atoms with Crippen LogP contribution in [-0.4, -0.2) is 16.7 Å². The highest BCUT2D eigenvalue weighted by Crippen LogP contribution is 2.20. The highest BCUT2D eigenvalue weighted by Gasteiger charge is 2.12. The Hall–Kier alpha value is -1.88. The first-order valence-electron chi connectivity index (χ1n) is 6.55. The lowest BCUT2D eigenvalue weighted by atomic mass is 10.3. The van der Waals surface area contributed by atoms with Gasteiger partial charge in [-0.15, -0.1) is 11.8 Å². The fraction of sp³-hybridized carbons (Fsp3) is 0.267. The highest BCUT2D eigenvalue weighted by atomic mass is 32.2. The quantitative estimate of drug-likeness (QED) is 0.829. The third-order valence-corrected chi connectivity index (χ3v) is 3.67. The van der Waals surface area contributed by atoms with Crippen LogP contribution >= 0.6 is 11.8 Å². The van der Waals surface area contributed by atoms with Crippen molar-refractivity contribution in [1.82, 2.24) is 4.57 Å². The Morgan fingerprint density at radius 1 is 1.40 bits per heavy atom. The summed E-state index contributed by atoms with van der Waals surface area (Å²) in [6, 6.07) is 9.50. The molecule has 0 aliphatic carbocycles. The van der Waals surface area contributed by atoms with E-state index in [0.29, 0.717) is 11.4 Å². The topological polar surface area (TPSA) is 60.0 Å². The van der Waals surface area contributed by atoms with Crippen LogP contribution in [-0.2, 0) is 6.54 Å². The maximum absolute atomic E-state index is 12.3. The number of carbonyl (C=O) groups is 1. The molecule has 0 saturated heterocycles. The molecule has 0 aliphatic heterocycles. The first-order valence-corrected chi connectivity index (χ1v) is 7.77. The van der Waals surface area contributed by atoms with Gasteiger partial charge in [-0.25, -0.2) is 0 Å². The number of nitrogens with two attached hydrogens (primary N) is 1. The molecule has 0 atom stereocenters. The summed E-state index contributed by atoms with van der Waals surface area (Å²) in [6.07, 6.45) is 4.77. The summed E-state index contributed by atoms with van der Waals surface area (Å²) < 4.78 is 1.89. The van der Waals surface area contributed by atoms with Crippen LogP contribution in [0.4, 0.5) is 11.4 Å². The largest absolute Gasteiger partial charge is 0.397 e. The van der Waals surface area contributed by atoms with E-state index in [-0.39, 0.29) is 5.91 Å². The predicted octanol–water partition coefficient (Wildman–Crippen LogP) is 3.45. The smallest absolute Gasteiger partial charge is 0.272 e. The lowest BCUT2D eigenvalue weighted by molar-refractivity contribution is 0.101.